The third-order valence-electron chi connectivity index (χ3n) is 2.36. The van der Waals surface area contributed by atoms with E-state index in [1.54, 1.807) is 19.1 Å². The lowest BCUT2D eigenvalue weighted by molar-refractivity contribution is 0.386. The van der Waals surface area contributed by atoms with Gasteiger partial charge in [0, 0.05) is 5.56 Å². The third-order valence-corrected chi connectivity index (χ3v) is 2.36. The van der Waals surface area contributed by atoms with Gasteiger partial charge < -0.3 is 10.5 Å². The second-order valence-corrected chi connectivity index (χ2v) is 3.57. The molecule has 1 aromatic carbocycles. The van der Waals surface area contributed by atoms with Gasteiger partial charge in [-0.25, -0.2) is 14.4 Å². The summed E-state index contributed by atoms with van der Waals surface area (Å²) in [7, 11) is 1.42. The molecule has 1 heterocycles. The number of aryl methyl sites for hydroxylation is 1. The number of nitrogen functional groups attached to an aromatic ring is 1. The molecule has 0 spiro atoms. The van der Waals surface area contributed by atoms with Gasteiger partial charge in [0.1, 0.15) is 5.82 Å². The van der Waals surface area contributed by atoms with Crippen molar-refractivity contribution >= 4 is 5.69 Å². The molecule has 0 radical (unpaired) electrons. The van der Waals surface area contributed by atoms with Crippen LogP contribution in [0.3, 0.4) is 0 Å². The molecule has 0 saturated carbocycles. The second-order valence-electron chi connectivity index (χ2n) is 3.57. The highest BCUT2D eigenvalue weighted by Crippen LogP contribution is 2.27. The molecule has 88 valence electrons. The summed E-state index contributed by atoms with van der Waals surface area (Å²) in [6.45, 7) is 1.75. The number of halogens is 1. The highest BCUT2D eigenvalue weighted by Gasteiger charge is 2.09. The van der Waals surface area contributed by atoms with Crippen molar-refractivity contribution in [3.8, 4) is 17.0 Å². The van der Waals surface area contributed by atoms with Crippen molar-refractivity contribution < 1.29 is 9.13 Å². The summed E-state index contributed by atoms with van der Waals surface area (Å²) in [6, 6.07) is 4.60. The molecule has 4 nitrogen and oxygen atoms in total. The molecule has 0 aliphatic heterocycles. The second kappa shape index (κ2) is 4.37. The number of rotatable bonds is 2. The zero-order chi connectivity index (χ0) is 12.4. The highest BCUT2D eigenvalue weighted by atomic mass is 19.1. The average molecular weight is 233 g/mol. The van der Waals surface area contributed by atoms with Crippen molar-refractivity contribution in [2.75, 3.05) is 12.8 Å². The molecule has 0 aliphatic rings. The number of benzene rings is 1. The minimum atomic E-state index is -0.444. The summed E-state index contributed by atoms with van der Waals surface area (Å²) in [5.74, 6) is 0.337. The number of nitrogens with two attached hydrogens (primary N) is 1. The number of hydrogen-bond acceptors (Lipinski definition) is 4. The van der Waals surface area contributed by atoms with Crippen molar-refractivity contribution in [3.63, 3.8) is 0 Å². The molecule has 0 unspecified atom stereocenters. The average Bonchev–Trinajstić information content (AvgIpc) is 2.32. The summed E-state index contributed by atoms with van der Waals surface area (Å²) >= 11 is 0. The molecule has 2 N–H and O–H groups in total. The van der Waals surface area contributed by atoms with Gasteiger partial charge in [0.25, 0.3) is 0 Å². The first-order valence-electron chi connectivity index (χ1n) is 5.05. The Hall–Kier alpha value is -2.17. The van der Waals surface area contributed by atoms with Gasteiger partial charge in [-0.1, -0.05) is 0 Å². The SMILES string of the molecule is COc1ccc(-c2nc(C)ncc2N)cc1F. The summed E-state index contributed by atoms with van der Waals surface area (Å²) in [5.41, 5.74) is 7.31. The smallest absolute Gasteiger partial charge is 0.165 e. The van der Waals surface area contributed by atoms with Crippen LogP contribution in [0, 0.1) is 12.7 Å². The first-order chi connectivity index (χ1) is 8.11. The van der Waals surface area contributed by atoms with Gasteiger partial charge in [0.15, 0.2) is 11.6 Å². The van der Waals surface area contributed by atoms with Crippen LogP contribution in [0.4, 0.5) is 10.1 Å². The first-order valence-corrected chi connectivity index (χ1v) is 5.05. The minimum Gasteiger partial charge on any atom is -0.494 e. The van der Waals surface area contributed by atoms with Crippen molar-refractivity contribution in [1.29, 1.82) is 0 Å². The zero-order valence-corrected chi connectivity index (χ0v) is 9.57. The molecule has 17 heavy (non-hydrogen) atoms. The predicted molar refractivity (Wildman–Crippen MR) is 63.1 cm³/mol. The molecule has 1 aromatic heterocycles. The number of nitrogens with zero attached hydrogens (tertiary/aromatic N) is 2. The molecule has 0 amide bonds. The van der Waals surface area contributed by atoms with E-state index in [1.165, 1.54) is 19.4 Å². The fourth-order valence-electron chi connectivity index (χ4n) is 1.52. The quantitative estimate of drug-likeness (QED) is 0.863. The van der Waals surface area contributed by atoms with E-state index in [0.717, 1.165) is 0 Å². The topological polar surface area (TPSA) is 61.0 Å². The number of methoxy groups -OCH3 is 1. The first kappa shape index (κ1) is 11.3. The molecule has 2 aromatic rings. The molecule has 0 bridgehead atoms. The highest BCUT2D eigenvalue weighted by molar-refractivity contribution is 5.72. The standard InChI is InChI=1S/C12H12FN3O/c1-7-15-6-10(14)12(16-7)8-3-4-11(17-2)9(13)5-8/h3-6H,14H2,1-2H3. The van der Waals surface area contributed by atoms with Crippen LogP contribution in [0.1, 0.15) is 5.82 Å². The number of hydrogen-bond donors (Lipinski definition) is 1. The van der Waals surface area contributed by atoms with E-state index in [0.29, 0.717) is 22.8 Å². The van der Waals surface area contributed by atoms with E-state index in [-0.39, 0.29) is 5.75 Å². The normalized spacial score (nSPS) is 10.3. The lowest BCUT2D eigenvalue weighted by atomic mass is 10.1. The Morgan fingerprint density at radius 1 is 1.35 bits per heavy atom. The van der Waals surface area contributed by atoms with E-state index in [1.807, 2.05) is 0 Å². The Morgan fingerprint density at radius 2 is 2.12 bits per heavy atom. The Kier molecular flexibility index (Phi) is 2.91. The third kappa shape index (κ3) is 2.18. The minimum absolute atomic E-state index is 0.193. The van der Waals surface area contributed by atoms with Crippen molar-refractivity contribution in [2.24, 2.45) is 0 Å². The van der Waals surface area contributed by atoms with Crippen molar-refractivity contribution in [3.05, 3.63) is 36.0 Å². The van der Waals surface area contributed by atoms with Crippen LogP contribution in [-0.2, 0) is 0 Å². The van der Waals surface area contributed by atoms with Gasteiger partial charge in [0.2, 0.25) is 0 Å². The Labute approximate surface area is 98.3 Å². The number of ether oxygens (including phenoxy) is 1. The van der Waals surface area contributed by atoms with Crippen LogP contribution in [-0.4, -0.2) is 17.1 Å². The van der Waals surface area contributed by atoms with Crippen LogP contribution in [0.25, 0.3) is 11.3 Å². The monoisotopic (exact) mass is 233 g/mol. The maximum atomic E-state index is 13.6. The summed E-state index contributed by atoms with van der Waals surface area (Å²) in [6.07, 6.45) is 1.51. The van der Waals surface area contributed by atoms with E-state index in [9.17, 15) is 4.39 Å². The maximum absolute atomic E-state index is 13.6. The molecule has 0 saturated heterocycles. The van der Waals surface area contributed by atoms with Gasteiger partial charge in [-0.2, -0.15) is 0 Å². The lowest BCUT2D eigenvalue weighted by Crippen LogP contribution is -1.98. The fraction of sp³-hybridized carbons (Fsp3) is 0.167. The van der Waals surface area contributed by atoms with Gasteiger partial charge in [0.05, 0.1) is 24.7 Å². The molecule has 0 aliphatic carbocycles. The number of anilines is 1. The molecule has 5 heteroatoms. The summed E-state index contributed by atoms with van der Waals surface area (Å²) in [5, 5.41) is 0. The molecular weight excluding hydrogens is 221 g/mol. The largest absolute Gasteiger partial charge is 0.494 e. The van der Waals surface area contributed by atoms with Crippen LogP contribution < -0.4 is 10.5 Å². The van der Waals surface area contributed by atoms with Gasteiger partial charge >= 0.3 is 0 Å². The lowest BCUT2D eigenvalue weighted by Gasteiger charge is -2.07. The molecule has 0 atom stereocenters. The van der Waals surface area contributed by atoms with E-state index < -0.39 is 5.82 Å². The van der Waals surface area contributed by atoms with Gasteiger partial charge in [-0.05, 0) is 25.1 Å². The Morgan fingerprint density at radius 3 is 2.76 bits per heavy atom. The van der Waals surface area contributed by atoms with Crippen molar-refractivity contribution in [1.82, 2.24) is 9.97 Å². The van der Waals surface area contributed by atoms with Crippen LogP contribution in [0.5, 0.6) is 5.75 Å². The van der Waals surface area contributed by atoms with E-state index in [4.69, 9.17) is 10.5 Å². The summed E-state index contributed by atoms with van der Waals surface area (Å²) < 4.78 is 18.4. The van der Waals surface area contributed by atoms with Gasteiger partial charge in [-0.3, -0.25) is 0 Å². The summed E-state index contributed by atoms with van der Waals surface area (Å²) in [4.78, 5) is 8.16. The van der Waals surface area contributed by atoms with E-state index in [2.05, 4.69) is 9.97 Å². The number of aromatic nitrogens is 2. The van der Waals surface area contributed by atoms with E-state index >= 15 is 0 Å². The molecular formula is C12H12FN3O. The predicted octanol–water partition coefficient (Wildman–Crippen LogP) is 2.18. The van der Waals surface area contributed by atoms with Crippen molar-refractivity contribution in [2.45, 2.75) is 6.92 Å². The fourth-order valence-corrected chi connectivity index (χ4v) is 1.52. The zero-order valence-electron chi connectivity index (χ0n) is 9.57. The molecule has 2 rings (SSSR count). The maximum Gasteiger partial charge on any atom is 0.165 e. The Bertz CT molecular complexity index is 557. The van der Waals surface area contributed by atoms with Crippen LogP contribution >= 0.6 is 0 Å². The van der Waals surface area contributed by atoms with Crippen LogP contribution in [0.15, 0.2) is 24.4 Å². The Balaban J connectivity index is 2.53. The van der Waals surface area contributed by atoms with Gasteiger partial charge in [-0.15, -0.1) is 0 Å². The van der Waals surface area contributed by atoms with Crippen LogP contribution in [0.2, 0.25) is 0 Å². The molecule has 0 fully saturated rings.